The fourth-order valence-corrected chi connectivity index (χ4v) is 3.15. The molecule has 0 bridgehead atoms. The van der Waals surface area contributed by atoms with E-state index in [1.54, 1.807) is 6.20 Å². The third-order valence-electron chi connectivity index (χ3n) is 4.52. The molecule has 1 aliphatic heterocycles. The molecule has 1 unspecified atom stereocenters. The van der Waals surface area contributed by atoms with Crippen LogP contribution < -0.4 is 0 Å². The first-order valence-corrected chi connectivity index (χ1v) is 8.67. The van der Waals surface area contributed by atoms with Crippen molar-refractivity contribution < 1.29 is 9.90 Å². The van der Waals surface area contributed by atoms with Crippen LogP contribution in [0.2, 0.25) is 0 Å². The van der Waals surface area contributed by atoms with Gasteiger partial charge in [-0.1, -0.05) is 52.4 Å². The molecule has 1 N–H and O–H groups in total. The summed E-state index contributed by atoms with van der Waals surface area (Å²) in [5.74, 6) is 0.527. The fraction of sp³-hybridized carbons (Fsp3) is 0.667. The molecule has 1 amide bonds. The predicted molar refractivity (Wildman–Crippen MR) is 89.8 cm³/mol. The molecule has 122 valence electrons. The lowest BCUT2D eigenvalue weighted by Crippen LogP contribution is -2.11. The van der Waals surface area contributed by atoms with Crippen molar-refractivity contribution in [3.63, 3.8) is 0 Å². The van der Waals surface area contributed by atoms with Crippen LogP contribution in [0, 0.1) is 5.92 Å². The fourth-order valence-electron chi connectivity index (χ4n) is 3.15. The summed E-state index contributed by atoms with van der Waals surface area (Å²) in [7, 11) is 0. The minimum atomic E-state index is -0.239. The van der Waals surface area contributed by atoms with Gasteiger partial charge >= 0.3 is 0 Å². The molecule has 2 heterocycles. The van der Waals surface area contributed by atoms with Gasteiger partial charge in [0.25, 0.3) is 5.91 Å². The molecule has 0 saturated carbocycles. The third kappa shape index (κ3) is 3.99. The summed E-state index contributed by atoms with van der Waals surface area (Å²) in [6.45, 7) is 5.24. The number of hydrogen-bond acceptors (Lipinski definition) is 2. The molecule has 0 spiro atoms. The Kier molecular flexibility index (Phi) is 6.22. The Morgan fingerprint density at radius 1 is 1.14 bits per heavy atom. The first-order valence-electron chi connectivity index (χ1n) is 8.67. The Morgan fingerprint density at radius 2 is 1.86 bits per heavy atom. The van der Waals surface area contributed by atoms with Crippen molar-refractivity contribution >= 4 is 12.1 Å². The standard InChI is InChI=1S/C18H28N2O2/c1-3-5-7-8-10-14(9-6-4-2)12-20-13-16-15(18(20)22)11-19-17(16)21/h11,13-14,22H,3-10,12H2,1-2H3. The number of carbonyl (C=O) groups is 1. The smallest absolute Gasteiger partial charge is 0.279 e. The minimum Gasteiger partial charge on any atom is -0.494 e. The van der Waals surface area contributed by atoms with Crippen molar-refractivity contribution in [3.05, 3.63) is 17.3 Å². The maximum absolute atomic E-state index is 11.6. The number of nitrogens with zero attached hydrogens (tertiary/aromatic N) is 2. The maximum atomic E-state index is 11.6. The molecule has 22 heavy (non-hydrogen) atoms. The van der Waals surface area contributed by atoms with Crippen molar-refractivity contribution in [1.82, 2.24) is 4.57 Å². The van der Waals surface area contributed by atoms with E-state index in [-0.39, 0.29) is 11.8 Å². The molecular weight excluding hydrogens is 276 g/mol. The number of fused-ring (bicyclic) bond motifs is 1. The number of unbranched alkanes of at least 4 members (excludes halogenated alkanes) is 4. The van der Waals surface area contributed by atoms with Crippen molar-refractivity contribution in [2.75, 3.05) is 0 Å². The van der Waals surface area contributed by atoms with E-state index in [4.69, 9.17) is 0 Å². The lowest BCUT2D eigenvalue weighted by molar-refractivity contribution is 0.101. The normalized spacial score (nSPS) is 14.5. The second-order valence-electron chi connectivity index (χ2n) is 6.35. The van der Waals surface area contributed by atoms with E-state index in [1.165, 1.54) is 57.6 Å². The lowest BCUT2D eigenvalue weighted by atomic mass is 9.95. The summed E-state index contributed by atoms with van der Waals surface area (Å²) in [4.78, 5) is 15.3. The van der Waals surface area contributed by atoms with Crippen molar-refractivity contribution in [1.29, 1.82) is 0 Å². The highest BCUT2D eigenvalue weighted by atomic mass is 16.3. The highest BCUT2D eigenvalue weighted by Gasteiger charge is 2.24. The van der Waals surface area contributed by atoms with Crippen LogP contribution in [-0.2, 0) is 6.54 Å². The quantitative estimate of drug-likeness (QED) is 0.645. The van der Waals surface area contributed by atoms with Crippen LogP contribution in [0.15, 0.2) is 11.2 Å². The van der Waals surface area contributed by atoms with Crippen LogP contribution in [0.25, 0.3) is 0 Å². The number of aromatic nitrogens is 1. The zero-order chi connectivity index (χ0) is 15.9. The van der Waals surface area contributed by atoms with Crippen LogP contribution in [-0.4, -0.2) is 21.8 Å². The Bertz CT molecular complexity index is 531. The average Bonchev–Trinajstić information content (AvgIpc) is 3.02. The highest BCUT2D eigenvalue weighted by molar-refractivity contribution is 6.14. The first-order chi connectivity index (χ1) is 10.7. The van der Waals surface area contributed by atoms with E-state index in [0.717, 1.165) is 6.54 Å². The lowest BCUT2D eigenvalue weighted by Gasteiger charge is -2.18. The molecule has 1 aromatic heterocycles. The van der Waals surface area contributed by atoms with E-state index in [9.17, 15) is 9.90 Å². The summed E-state index contributed by atoms with van der Waals surface area (Å²) in [6.07, 6.45) is 13.2. The third-order valence-corrected chi connectivity index (χ3v) is 4.52. The summed E-state index contributed by atoms with van der Waals surface area (Å²) in [5, 5.41) is 10.3. The van der Waals surface area contributed by atoms with Gasteiger partial charge in [-0.3, -0.25) is 4.79 Å². The molecule has 2 rings (SSSR count). The van der Waals surface area contributed by atoms with Gasteiger partial charge in [0.2, 0.25) is 5.88 Å². The van der Waals surface area contributed by atoms with Crippen LogP contribution in [0.1, 0.15) is 81.1 Å². The summed E-state index contributed by atoms with van der Waals surface area (Å²) < 4.78 is 1.84. The molecule has 0 aliphatic carbocycles. The van der Waals surface area contributed by atoms with E-state index >= 15 is 0 Å². The number of aliphatic imine (C=N–C) groups is 1. The van der Waals surface area contributed by atoms with Gasteiger partial charge in [-0.25, -0.2) is 4.99 Å². The SMILES string of the molecule is CCCCCCC(CCCC)Cn1cc2c(c1O)C=NC2=O. The average molecular weight is 304 g/mol. The van der Waals surface area contributed by atoms with Crippen LogP contribution >= 0.6 is 0 Å². The molecule has 1 aliphatic rings. The Hall–Kier alpha value is -1.58. The second kappa shape index (κ2) is 8.16. The van der Waals surface area contributed by atoms with Gasteiger partial charge in [-0.2, -0.15) is 0 Å². The topological polar surface area (TPSA) is 54.6 Å². The molecule has 1 aromatic rings. The molecule has 0 radical (unpaired) electrons. The van der Waals surface area contributed by atoms with Gasteiger partial charge in [0, 0.05) is 19.0 Å². The first kappa shape index (κ1) is 16.8. The van der Waals surface area contributed by atoms with Crippen molar-refractivity contribution in [2.24, 2.45) is 10.9 Å². The molecule has 1 atom stereocenters. The molecule has 4 nitrogen and oxygen atoms in total. The summed E-state index contributed by atoms with van der Waals surface area (Å²) >= 11 is 0. The summed E-state index contributed by atoms with van der Waals surface area (Å²) in [5.41, 5.74) is 1.13. The van der Waals surface area contributed by atoms with E-state index in [0.29, 0.717) is 17.0 Å². The Labute approximate surface area is 133 Å². The number of amides is 1. The number of carbonyl (C=O) groups excluding carboxylic acids is 1. The molecule has 0 fully saturated rings. The molecule has 0 aromatic carbocycles. The van der Waals surface area contributed by atoms with Gasteiger partial charge in [0.1, 0.15) is 0 Å². The zero-order valence-electron chi connectivity index (χ0n) is 13.8. The van der Waals surface area contributed by atoms with Crippen LogP contribution in [0.4, 0.5) is 0 Å². The Morgan fingerprint density at radius 3 is 2.55 bits per heavy atom. The highest BCUT2D eigenvalue weighted by Crippen LogP contribution is 2.29. The number of hydrogen-bond donors (Lipinski definition) is 1. The summed E-state index contributed by atoms with van der Waals surface area (Å²) in [6, 6.07) is 0. The molecular formula is C18H28N2O2. The van der Waals surface area contributed by atoms with Gasteiger partial charge in [0.15, 0.2) is 0 Å². The Balaban J connectivity index is 1.98. The molecule has 0 saturated heterocycles. The van der Waals surface area contributed by atoms with Gasteiger partial charge in [0.05, 0.1) is 11.1 Å². The van der Waals surface area contributed by atoms with Gasteiger partial charge < -0.3 is 9.67 Å². The predicted octanol–water partition coefficient (Wildman–Crippen LogP) is 4.54. The van der Waals surface area contributed by atoms with Crippen LogP contribution in [0.3, 0.4) is 0 Å². The largest absolute Gasteiger partial charge is 0.494 e. The zero-order valence-corrected chi connectivity index (χ0v) is 13.8. The minimum absolute atomic E-state index is 0.194. The molecule has 4 heteroatoms. The van der Waals surface area contributed by atoms with E-state index in [1.807, 2.05) is 4.57 Å². The van der Waals surface area contributed by atoms with Crippen molar-refractivity contribution in [2.45, 2.75) is 71.8 Å². The van der Waals surface area contributed by atoms with Gasteiger partial charge in [-0.15, -0.1) is 0 Å². The van der Waals surface area contributed by atoms with Gasteiger partial charge in [-0.05, 0) is 18.8 Å². The monoisotopic (exact) mass is 304 g/mol. The maximum Gasteiger partial charge on any atom is 0.279 e. The van der Waals surface area contributed by atoms with Crippen molar-refractivity contribution in [3.8, 4) is 5.88 Å². The van der Waals surface area contributed by atoms with E-state index in [2.05, 4.69) is 18.8 Å². The van der Waals surface area contributed by atoms with E-state index < -0.39 is 0 Å². The van der Waals surface area contributed by atoms with Crippen LogP contribution in [0.5, 0.6) is 5.88 Å². The second-order valence-corrected chi connectivity index (χ2v) is 6.35. The number of aromatic hydroxyl groups is 1. The number of rotatable bonds is 10.